The van der Waals surface area contributed by atoms with Crippen molar-refractivity contribution < 1.29 is 8.42 Å². The van der Waals surface area contributed by atoms with Gasteiger partial charge in [0.15, 0.2) is 5.03 Å². The third-order valence-electron chi connectivity index (χ3n) is 3.79. The molecule has 0 aliphatic rings. The highest BCUT2D eigenvalue weighted by Gasteiger charge is 2.16. The molecule has 7 nitrogen and oxygen atoms in total. The maximum Gasteiger partial charge on any atom is 0.278 e. The Kier molecular flexibility index (Phi) is 3.54. The van der Waals surface area contributed by atoms with Crippen LogP contribution in [0.15, 0.2) is 66.3 Å². The van der Waals surface area contributed by atoms with E-state index in [-0.39, 0.29) is 5.03 Å². The van der Waals surface area contributed by atoms with E-state index in [0.717, 1.165) is 22.5 Å². The number of H-pyrrole nitrogens is 1. The molecule has 0 aliphatic carbocycles. The van der Waals surface area contributed by atoms with Crippen LogP contribution in [0.2, 0.25) is 0 Å². The number of aryl methyl sites for hydroxylation is 1. The van der Waals surface area contributed by atoms with Gasteiger partial charge in [-0.05, 0) is 36.8 Å². The molecule has 0 bridgehead atoms. The van der Waals surface area contributed by atoms with E-state index < -0.39 is 10.0 Å². The maximum absolute atomic E-state index is 12.3. The van der Waals surface area contributed by atoms with E-state index >= 15 is 0 Å². The minimum Gasteiger partial charge on any atom is -0.334 e. The normalized spacial score (nSPS) is 11.7. The summed E-state index contributed by atoms with van der Waals surface area (Å²) in [5.74, 6) is 0. The average molecular weight is 353 g/mol. The molecule has 0 spiro atoms. The van der Waals surface area contributed by atoms with Crippen LogP contribution in [0, 0.1) is 6.92 Å². The first-order valence-electron chi connectivity index (χ1n) is 7.58. The van der Waals surface area contributed by atoms with E-state index in [4.69, 9.17) is 0 Å². The summed E-state index contributed by atoms with van der Waals surface area (Å²) in [6.07, 6.45) is 6.45. The van der Waals surface area contributed by atoms with Crippen molar-refractivity contribution in [1.82, 2.24) is 19.4 Å². The Bertz CT molecular complexity index is 1150. The third kappa shape index (κ3) is 2.99. The molecule has 25 heavy (non-hydrogen) atoms. The van der Waals surface area contributed by atoms with E-state index in [9.17, 15) is 8.42 Å². The van der Waals surface area contributed by atoms with Gasteiger partial charge in [0.2, 0.25) is 0 Å². The average Bonchev–Trinajstić information content (AvgIpc) is 3.24. The summed E-state index contributed by atoms with van der Waals surface area (Å²) >= 11 is 0. The largest absolute Gasteiger partial charge is 0.334 e. The van der Waals surface area contributed by atoms with Crippen LogP contribution >= 0.6 is 0 Å². The van der Waals surface area contributed by atoms with Gasteiger partial charge in [0.05, 0.1) is 18.2 Å². The Morgan fingerprint density at radius 1 is 1.20 bits per heavy atom. The highest BCUT2D eigenvalue weighted by Crippen LogP contribution is 2.24. The summed E-state index contributed by atoms with van der Waals surface area (Å²) in [7, 11) is -3.69. The molecule has 0 saturated heterocycles. The molecule has 0 atom stereocenters. The topological polar surface area (TPSA) is 92.1 Å². The first-order valence-corrected chi connectivity index (χ1v) is 9.07. The van der Waals surface area contributed by atoms with Crippen LogP contribution < -0.4 is 4.72 Å². The Labute approximate surface area is 144 Å². The number of sulfonamides is 1. The first-order chi connectivity index (χ1) is 12.0. The molecular formula is C17H15N5O2S. The highest BCUT2D eigenvalue weighted by atomic mass is 32.2. The van der Waals surface area contributed by atoms with Crippen molar-refractivity contribution in [2.75, 3.05) is 4.72 Å². The number of imidazole rings is 2. The number of hydrogen-bond acceptors (Lipinski definition) is 4. The Morgan fingerprint density at radius 2 is 2.08 bits per heavy atom. The van der Waals surface area contributed by atoms with E-state index in [2.05, 4.69) is 19.7 Å². The molecule has 1 aromatic carbocycles. The molecule has 0 fully saturated rings. The van der Waals surface area contributed by atoms with Crippen LogP contribution in [0.3, 0.4) is 0 Å². The number of fused-ring (bicyclic) bond motifs is 1. The fourth-order valence-corrected chi connectivity index (χ4v) is 3.52. The van der Waals surface area contributed by atoms with Gasteiger partial charge >= 0.3 is 0 Å². The molecule has 2 N–H and O–H groups in total. The van der Waals surface area contributed by atoms with Crippen LogP contribution in [-0.4, -0.2) is 27.8 Å². The lowest BCUT2D eigenvalue weighted by atomic mass is 10.1. The fraction of sp³-hybridized carbons (Fsp3) is 0.0588. The molecule has 0 amide bonds. The minimum atomic E-state index is -3.69. The fourth-order valence-electron chi connectivity index (χ4n) is 2.57. The maximum atomic E-state index is 12.3. The van der Waals surface area contributed by atoms with E-state index in [1.54, 1.807) is 18.2 Å². The second kappa shape index (κ2) is 5.75. The zero-order chi connectivity index (χ0) is 17.4. The second-order valence-corrected chi connectivity index (χ2v) is 7.35. The quantitative estimate of drug-likeness (QED) is 0.590. The number of hydrogen-bond donors (Lipinski definition) is 2. The predicted molar refractivity (Wildman–Crippen MR) is 94.8 cm³/mol. The second-order valence-electron chi connectivity index (χ2n) is 5.70. The van der Waals surface area contributed by atoms with Gasteiger partial charge < -0.3 is 9.38 Å². The van der Waals surface area contributed by atoms with Crippen LogP contribution in [0.1, 0.15) is 5.56 Å². The Balaban J connectivity index is 1.69. The lowest BCUT2D eigenvalue weighted by Gasteiger charge is -2.07. The lowest BCUT2D eigenvalue weighted by molar-refractivity contribution is 0.598. The molecule has 3 heterocycles. The SMILES string of the molecule is Cc1ccn2cc(-c3cccc(NS(=O)(=O)c4cnc[nH]4)c3)nc2c1. The summed E-state index contributed by atoms with van der Waals surface area (Å²) in [6.45, 7) is 2.01. The van der Waals surface area contributed by atoms with Crippen molar-refractivity contribution in [3.8, 4) is 11.3 Å². The molecule has 8 heteroatoms. The number of rotatable bonds is 4. The molecule has 126 valence electrons. The number of pyridine rings is 1. The molecule has 0 radical (unpaired) electrons. The first kappa shape index (κ1) is 15.4. The predicted octanol–water partition coefficient (Wildman–Crippen LogP) is 2.83. The third-order valence-corrected chi connectivity index (χ3v) is 5.10. The molecule has 4 rings (SSSR count). The van der Waals surface area contributed by atoms with Crippen molar-refractivity contribution in [1.29, 1.82) is 0 Å². The molecule has 3 aromatic heterocycles. The van der Waals surface area contributed by atoms with Gasteiger partial charge in [0.1, 0.15) is 5.65 Å². The molecular weight excluding hydrogens is 338 g/mol. The number of aromatic nitrogens is 4. The minimum absolute atomic E-state index is 0.0149. The van der Waals surface area contributed by atoms with Crippen molar-refractivity contribution >= 4 is 21.4 Å². The van der Waals surface area contributed by atoms with Crippen molar-refractivity contribution in [2.45, 2.75) is 11.9 Å². The summed E-state index contributed by atoms with van der Waals surface area (Å²) < 4.78 is 29.0. The van der Waals surface area contributed by atoms with E-state index in [0.29, 0.717) is 5.69 Å². The van der Waals surface area contributed by atoms with Gasteiger partial charge in [-0.25, -0.2) is 9.97 Å². The smallest absolute Gasteiger partial charge is 0.278 e. The monoisotopic (exact) mass is 353 g/mol. The summed E-state index contributed by atoms with van der Waals surface area (Å²) in [5.41, 5.74) is 4.03. The molecule has 0 unspecified atom stereocenters. The van der Waals surface area contributed by atoms with Crippen molar-refractivity contribution in [3.63, 3.8) is 0 Å². The van der Waals surface area contributed by atoms with Crippen LogP contribution in [-0.2, 0) is 10.0 Å². The molecule has 0 saturated carbocycles. The van der Waals surface area contributed by atoms with Gasteiger partial charge in [0, 0.05) is 23.6 Å². The lowest BCUT2D eigenvalue weighted by Crippen LogP contribution is -2.13. The van der Waals surface area contributed by atoms with Gasteiger partial charge in [0.25, 0.3) is 10.0 Å². The van der Waals surface area contributed by atoms with Crippen LogP contribution in [0.25, 0.3) is 16.9 Å². The van der Waals surface area contributed by atoms with Crippen molar-refractivity contribution in [3.05, 3.63) is 66.9 Å². The number of nitrogens with zero attached hydrogens (tertiary/aromatic N) is 3. The van der Waals surface area contributed by atoms with E-state index in [1.165, 1.54) is 12.5 Å². The molecule has 0 aliphatic heterocycles. The summed E-state index contributed by atoms with van der Waals surface area (Å²) in [6, 6.07) is 11.1. The van der Waals surface area contributed by atoms with Gasteiger partial charge in [-0.1, -0.05) is 12.1 Å². The Morgan fingerprint density at radius 3 is 2.88 bits per heavy atom. The van der Waals surface area contributed by atoms with Gasteiger partial charge in [-0.15, -0.1) is 0 Å². The van der Waals surface area contributed by atoms with Crippen LogP contribution in [0.4, 0.5) is 5.69 Å². The number of anilines is 1. The van der Waals surface area contributed by atoms with Gasteiger partial charge in [-0.3, -0.25) is 4.72 Å². The number of nitrogens with one attached hydrogen (secondary N) is 2. The zero-order valence-corrected chi connectivity index (χ0v) is 14.2. The Hall–Kier alpha value is -3.13. The van der Waals surface area contributed by atoms with Crippen LogP contribution in [0.5, 0.6) is 0 Å². The van der Waals surface area contributed by atoms with E-state index in [1.807, 2.05) is 41.9 Å². The zero-order valence-electron chi connectivity index (χ0n) is 13.3. The standard InChI is InChI=1S/C17H15N5O2S/c1-12-5-6-22-10-15(20-16(22)7-12)13-3-2-4-14(8-13)21-25(23,24)17-9-18-11-19-17/h2-11,21H,1H3,(H,18,19). The van der Waals surface area contributed by atoms with Crippen molar-refractivity contribution in [2.24, 2.45) is 0 Å². The number of benzene rings is 1. The highest BCUT2D eigenvalue weighted by molar-refractivity contribution is 7.92. The van der Waals surface area contributed by atoms with Gasteiger partial charge in [-0.2, -0.15) is 8.42 Å². The summed E-state index contributed by atoms with van der Waals surface area (Å²) in [5, 5.41) is 0.0149. The number of aromatic amines is 1. The summed E-state index contributed by atoms with van der Waals surface area (Å²) in [4.78, 5) is 10.9. The molecule has 4 aromatic rings.